The fourth-order valence-electron chi connectivity index (χ4n) is 2.45. The second-order valence-electron chi connectivity index (χ2n) is 4.83. The Morgan fingerprint density at radius 1 is 1.28 bits per heavy atom. The van der Waals surface area contributed by atoms with Crippen LogP contribution in [0.3, 0.4) is 0 Å². The van der Waals surface area contributed by atoms with Gasteiger partial charge >= 0.3 is 0 Å². The lowest BCUT2D eigenvalue weighted by molar-refractivity contribution is 0.0777. The van der Waals surface area contributed by atoms with Gasteiger partial charge in [-0.2, -0.15) is 0 Å². The average Bonchev–Trinajstić information content (AvgIpc) is 2.85. The van der Waals surface area contributed by atoms with Crippen molar-refractivity contribution in [3.05, 3.63) is 0 Å². The molecule has 0 bridgehead atoms. The number of ether oxygens (including phenoxy) is 2. The van der Waals surface area contributed by atoms with Crippen LogP contribution in [0.15, 0.2) is 0 Å². The molecule has 1 aliphatic carbocycles. The molecule has 0 aromatic heterocycles. The van der Waals surface area contributed by atoms with Crippen LogP contribution in [0.25, 0.3) is 0 Å². The van der Waals surface area contributed by atoms with E-state index >= 15 is 0 Å². The van der Waals surface area contributed by atoms with Crippen LogP contribution >= 0.6 is 12.2 Å². The van der Waals surface area contributed by atoms with Gasteiger partial charge in [0.15, 0.2) is 0 Å². The zero-order valence-corrected chi connectivity index (χ0v) is 12.2. The Bertz CT molecular complexity index is 233. The van der Waals surface area contributed by atoms with Crippen molar-refractivity contribution in [3.8, 4) is 0 Å². The summed E-state index contributed by atoms with van der Waals surface area (Å²) in [7, 11) is 1.71. The van der Waals surface area contributed by atoms with Crippen molar-refractivity contribution in [3.63, 3.8) is 0 Å². The molecule has 0 unspecified atom stereocenters. The van der Waals surface area contributed by atoms with E-state index in [1.165, 1.54) is 25.7 Å². The van der Waals surface area contributed by atoms with E-state index in [4.69, 9.17) is 27.4 Å². The maximum atomic E-state index is 5.66. The fourth-order valence-corrected chi connectivity index (χ4v) is 2.62. The summed E-state index contributed by atoms with van der Waals surface area (Å²) in [6, 6.07) is 0.647. The normalized spacial score (nSPS) is 16.6. The first-order valence-corrected chi connectivity index (χ1v) is 7.24. The van der Waals surface area contributed by atoms with E-state index in [2.05, 4.69) is 4.90 Å². The lowest BCUT2D eigenvalue weighted by atomic mass is 10.2. The van der Waals surface area contributed by atoms with Gasteiger partial charge in [-0.15, -0.1) is 0 Å². The SMILES string of the molecule is COCCCOCCN(CC(N)=S)C1CCCC1. The molecule has 5 heteroatoms. The van der Waals surface area contributed by atoms with Gasteiger partial charge in [-0.3, -0.25) is 4.90 Å². The average molecular weight is 274 g/mol. The van der Waals surface area contributed by atoms with E-state index in [0.29, 0.717) is 11.0 Å². The zero-order chi connectivity index (χ0) is 13.2. The van der Waals surface area contributed by atoms with Crippen molar-refractivity contribution in [2.75, 3.05) is 40.0 Å². The van der Waals surface area contributed by atoms with Crippen LogP contribution in [-0.2, 0) is 9.47 Å². The Labute approximate surface area is 116 Å². The van der Waals surface area contributed by atoms with Gasteiger partial charge in [-0.05, 0) is 19.3 Å². The summed E-state index contributed by atoms with van der Waals surface area (Å²) in [6.07, 6.45) is 6.15. The highest BCUT2D eigenvalue weighted by Crippen LogP contribution is 2.23. The van der Waals surface area contributed by atoms with Gasteiger partial charge in [0, 0.05) is 39.5 Å². The first-order valence-electron chi connectivity index (χ1n) is 6.83. The highest BCUT2D eigenvalue weighted by Gasteiger charge is 2.22. The van der Waals surface area contributed by atoms with Crippen LogP contribution in [0, 0.1) is 0 Å². The zero-order valence-electron chi connectivity index (χ0n) is 11.4. The van der Waals surface area contributed by atoms with Crippen LogP contribution in [0.5, 0.6) is 0 Å². The Hall–Kier alpha value is -0.230. The summed E-state index contributed by atoms with van der Waals surface area (Å²) in [5, 5.41) is 0. The van der Waals surface area contributed by atoms with Crippen molar-refractivity contribution in [2.45, 2.75) is 38.1 Å². The van der Waals surface area contributed by atoms with Gasteiger partial charge in [0.25, 0.3) is 0 Å². The van der Waals surface area contributed by atoms with Gasteiger partial charge in [0.1, 0.15) is 0 Å². The molecule has 0 heterocycles. The monoisotopic (exact) mass is 274 g/mol. The molecule has 18 heavy (non-hydrogen) atoms. The topological polar surface area (TPSA) is 47.7 Å². The number of hydrogen-bond acceptors (Lipinski definition) is 4. The molecule has 0 aliphatic heterocycles. The molecular weight excluding hydrogens is 248 g/mol. The summed E-state index contributed by atoms with van der Waals surface area (Å²) in [4.78, 5) is 2.97. The van der Waals surface area contributed by atoms with E-state index in [9.17, 15) is 0 Å². The number of thiocarbonyl (C=S) groups is 1. The van der Waals surface area contributed by atoms with Crippen LogP contribution in [0.1, 0.15) is 32.1 Å². The molecule has 0 atom stereocenters. The first kappa shape index (κ1) is 15.8. The molecule has 1 aliphatic rings. The molecule has 1 rings (SSSR count). The smallest absolute Gasteiger partial charge is 0.0870 e. The van der Waals surface area contributed by atoms with Crippen LogP contribution in [0.4, 0.5) is 0 Å². The van der Waals surface area contributed by atoms with Gasteiger partial charge in [-0.1, -0.05) is 25.1 Å². The summed E-state index contributed by atoms with van der Waals surface area (Å²) in [5.74, 6) is 0. The van der Waals surface area contributed by atoms with Crippen molar-refractivity contribution in [1.29, 1.82) is 0 Å². The van der Waals surface area contributed by atoms with E-state index in [1.807, 2.05) is 0 Å². The summed E-state index contributed by atoms with van der Waals surface area (Å²) in [5.41, 5.74) is 5.66. The van der Waals surface area contributed by atoms with Crippen molar-refractivity contribution >= 4 is 17.2 Å². The number of nitrogens with zero attached hydrogens (tertiary/aromatic N) is 1. The molecule has 2 N–H and O–H groups in total. The maximum absolute atomic E-state index is 5.66. The summed E-state index contributed by atoms with van der Waals surface area (Å²) >= 11 is 5.02. The van der Waals surface area contributed by atoms with Crippen molar-refractivity contribution < 1.29 is 9.47 Å². The highest BCUT2D eigenvalue weighted by atomic mass is 32.1. The quantitative estimate of drug-likeness (QED) is 0.484. The molecule has 0 spiro atoms. The molecule has 4 nitrogen and oxygen atoms in total. The molecule has 0 amide bonds. The van der Waals surface area contributed by atoms with Gasteiger partial charge < -0.3 is 15.2 Å². The minimum atomic E-state index is 0.585. The third-order valence-electron chi connectivity index (χ3n) is 3.36. The number of nitrogens with two attached hydrogens (primary N) is 1. The second kappa shape index (κ2) is 9.67. The first-order chi connectivity index (χ1) is 8.74. The lowest BCUT2D eigenvalue weighted by Gasteiger charge is -2.28. The van der Waals surface area contributed by atoms with Gasteiger partial charge in [0.2, 0.25) is 0 Å². The van der Waals surface area contributed by atoms with Crippen molar-refractivity contribution in [2.24, 2.45) is 5.73 Å². The number of methoxy groups -OCH3 is 1. The third kappa shape index (κ3) is 6.64. The second-order valence-corrected chi connectivity index (χ2v) is 5.36. The summed E-state index contributed by atoms with van der Waals surface area (Å²) in [6.45, 7) is 3.93. The van der Waals surface area contributed by atoms with E-state index in [1.54, 1.807) is 7.11 Å². The summed E-state index contributed by atoms with van der Waals surface area (Å²) < 4.78 is 10.6. The minimum Gasteiger partial charge on any atom is -0.392 e. The van der Waals surface area contributed by atoms with Crippen LogP contribution < -0.4 is 5.73 Å². The highest BCUT2D eigenvalue weighted by molar-refractivity contribution is 7.80. The number of hydrogen-bond donors (Lipinski definition) is 1. The molecule has 1 saturated carbocycles. The lowest BCUT2D eigenvalue weighted by Crippen LogP contribution is -2.41. The predicted molar refractivity (Wildman–Crippen MR) is 77.9 cm³/mol. The largest absolute Gasteiger partial charge is 0.392 e. The minimum absolute atomic E-state index is 0.585. The molecule has 0 aromatic carbocycles. The Morgan fingerprint density at radius 3 is 2.61 bits per heavy atom. The Kier molecular flexibility index (Phi) is 8.50. The van der Waals surface area contributed by atoms with Crippen LogP contribution in [-0.4, -0.2) is 56.0 Å². The molecule has 0 saturated heterocycles. The molecule has 0 aromatic rings. The number of rotatable bonds is 10. The molecule has 1 fully saturated rings. The molecule has 0 radical (unpaired) electrons. The van der Waals surface area contributed by atoms with Crippen LogP contribution in [0.2, 0.25) is 0 Å². The molecule has 106 valence electrons. The maximum Gasteiger partial charge on any atom is 0.0870 e. The van der Waals surface area contributed by atoms with Crippen molar-refractivity contribution in [1.82, 2.24) is 4.90 Å². The fraction of sp³-hybridized carbons (Fsp3) is 0.923. The van der Waals surface area contributed by atoms with Gasteiger partial charge in [0.05, 0.1) is 11.6 Å². The van der Waals surface area contributed by atoms with Gasteiger partial charge in [-0.25, -0.2) is 0 Å². The Morgan fingerprint density at radius 2 is 2.00 bits per heavy atom. The van der Waals surface area contributed by atoms with E-state index in [0.717, 1.165) is 39.3 Å². The van der Waals surface area contributed by atoms with E-state index < -0.39 is 0 Å². The van der Waals surface area contributed by atoms with E-state index in [-0.39, 0.29) is 0 Å². The Balaban J connectivity index is 2.17. The predicted octanol–water partition coefficient (Wildman–Crippen LogP) is 1.57. The standard InChI is InChI=1S/C13H26N2O2S/c1-16-8-4-9-17-10-7-15(11-13(14)18)12-5-2-3-6-12/h12H,2-11H2,1H3,(H2,14,18). The molecular formula is C13H26N2O2S. The third-order valence-corrected chi connectivity index (χ3v) is 3.49.